The molecule has 0 saturated carbocycles. The van der Waals surface area contributed by atoms with E-state index in [1.807, 2.05) is 6.07 Å². The number of carbonyl (C=O) groups excluding carboxylic acids is 1. The molecule has 0 amide bonds. The minimum Gasteiger partial charge on any atom is -0.481 e. The fraction of sp³-hybridized carbons (Fsp3) is 0.263. The highest BCUT2D eigenvalue weighted by Gasteiger charge is 2.18. The summed E-state index contributed by atoms with van der Waals surface area (Å²) in [4.78, 5) is 11.8. The van der Waals surface area contributed by atoms with Crippen LogP contribution in [0.3, 0.4) is 0 Å². The van der Waals surface area contributed by atoms with E-state index in [2.05, 4.69) is 0 Å². The van der Waals surface area contributed by atoms with Crippen LogP contribution in [0.25, 0.3) is 11.1 Å². The van der Waals surface area contributed by atoms with Gasteiger partial charge in [-0.05, 0) is 57.2 Å². The van der Waals surface area contributed by atoms with Gasteiger partial charge in [-0.1, -0.05) is 11.6 Å². The Morgan fingerprint density at radius 2 is 1.92 bits per heavy atom. The minimum atomic E-state index is -0.628. The van der Waals surface area contributed by atoms with Crippen LogP contribution in [-0.2, 0) is 9.53 Å². The van der Waals surface area contributed by atoms with Gasteiger partial charge in [0.2, 0.25) is 0 Å². The average Bonchev–Trinajstić information content (AvgIpc) is 2.52. The summed E-state index contributed by atoms with van der Waals surface area (Å²) in [5.74, 6) is -0.799. The van der Waals surface area contributed by atoms with Crippen molar-refractivity contribution < 1.29 is 18.7 Å². The van der Waals surface area contributed by atoms with E-state index in [1.165, 1.54) is 24.3 Å². The predicted molar refractivity (Wildman–Crippen MR) is 92.9 cm³/mol. The smallest absolute Gasteiger partial charge is 0.344 e. The van der Waals surface area contributed by atoms with Gasteiger partial charge in [-0.25, -0.2) is 9.18 Å². The fourth-order valence-corrected chi connectivity index (χ4v) is 2.32. The lowest BCUT2D eigenvalue weighted by atomic mass is 10.0. The maximum atomic E-state index is 14.2. The molecule has 4 nitrogen and oxygen atoms in total. The van der Waals surface area contributed by atoms with Crippen LogP contribution in [0.4, 0.5) is 4.39 Å². The fourth-order valence-electron chi connectivity index (χ4n) is 2.15. The second-order valence-electron chi connectivity index (χ2n) is 6.32. The number of nitriles is 1. The third-order valence-electron chi connectivity index (χ3n) is 3.09. The Morgan fingerprint density at radius 1 is 1.20 bits per heavy atom. The molecule has 0 aliphatic rings. The number of hydrogen-bond donors (Lipinski definition) is 0. The molecule has 0 radical (unpaired) electrons. The van der Waals surface area contributed by atoms with Gasteiger partial charge in [-0.15, -0.1) is 0 Å². The van der Waals surface area contributed by atoms with Gasteiger partial charge in [0.25, 0.3) is 0 Å². The van der Waals surface area contributed by atoms with E-state index in [1.54, 1.807) is 32.9 Å². The van der Waals surface area contributed by atoms with Crippen molar-refractivity contribution in [1.29, 1.82) is 5.26 Å². The molecule has 0 bridgehead atoms. The molecule has 0 atom stereocenters. The number of esters is 1. The summed E-state index contributed by atoms with van der Waals surface area (Å²) in [6, 6.07) is 10.6. The third kappa shape index (κ3) is 5.20. The highest BCUT2D eigenvalue weighted by atomic mass is 35.5. The van der Waals surface area contributed by atoms with E-state index in [4.69, 9.17) is 26.3 Å². The summed E-state index contributed by atoms with van der Waals surface area (Å²) in [5, 5.41) is 9.39. The molecular weight excluding hydrogens is 345 g/mol. The van der Waals surface area contributed by atoms with Gasteiger partial charge >= 0.3 is 5.97 Å². The lowest BCUT2D eigenvalue weighted by molar-refractivity contribution is -0.157. The predicted octanol–water partition coefficient (Wildman–Crippen LogP) is 4.74. The molecule has 0 unspecified atom stereocenters. The van der Waals surface area contributed by atoms with Crippen molar-refractivity contribution in [3.05, 3.63) is 52.8 Å². The zero-order valence-electron chi connectivity index (χ0n) is 14.1. The zero-order chi connectivity index (χ0) is 18.6. The largest absolute Gasteiger partial charge is 0.481 e. The van der Waals surface area contributed by atoms with Gasteiger partial charge in [0.15, 0.2) is 6.61 Å². The quantitative estimate of drug-likeness (QED) is 0.738. The van der Waals surface area contributed by atoms with Crippen LogP contribution in [0.5, 0.6) is 5.75 Å². The van der Waals surface area contributed by atoms with Crippen LogP contribution >= 0.6 is 11.6 Å². The number of carbonyl (C=O) groups is 1. The number of rotatable bonds is 4. The van der Waals surface area contributed by atoms with Crippen molar-refractivity contribution in [3.8, 4) is 22.9 Å². The summed E-state index contributed by atoms with van der Waals surface area (Å²) in [6.07, 6.45) is 0. The van der Waals surface area contributed by atoms with Crippen LogP contribution in [-0.4, -0.2) is 18.2 Å². The van der Waals surface area contributed by atoms with Crippen molar-refractivity contribution in [1.82, 2.24) is 0 Å². The third-order valence-corrected chi connectivity index (χ3v) is 3.33. The van der Waals surface area contributed by atoms with Gasteiger partial charge in [-0.3, -0.25) is 0 Å². The molecular formula is C19H17ClFNO3. The molecule has 2 rings (SSSR count). The van der Waals surface area contributed by atoms with Crippen molar-refractivity contribution >= 4 is 17.6 Å². The van der Waals surface area contributed by atoms with Crippen LogP contribution in [0, 0.1) is 17.1 Å². The van der Waals surface area contributed by atoms with Gasteiger partial charge in [0.05, 0.1) is 11.6 Å². The Bertz CT molecular complexity index is 838. The number of hydrogen-bond acceptors (Lipinski definition) is 4. The maximum absolute atomic E-state index is 14.2. The molecule has 25 heavy (non-hydrogen) atoms. The first-order valence-electron chi connectivity index (χ1n) is 7.54. The van der Waals surface area contributed by atoms with Crippen molar-refractivity contribution in [2.75, 3.05) is 6.61 Å². The van der Waals surface area contributed by atoms with Crippen LogP contribution in [0.1, 0.15) is 26.3 Å². The Kier molecular flexibility index (Phi) is 5.66. The van der Waals surface area contributed by atoms with Crippen LogP contribution < -0.4 is 4.74 Å². The number of nitrogens with zero attached hydrogens (tertiary/aromatic N) is 1. The first kappa shape index (κ1) is 18.8. The summed E-state index contributed by atoms with van der Waals surface area (Å²) < 4.78 is 24.9. The Morgan fingerprint density at radius 3 is 2.56 bits per heavy atom. The SMILES string of the molecule is CC(C)(C)OC(=O)COc1ccc(Cl)cc1-c1cc(C#N)ccc1F. The molecule has 130 valence electrons. The molecule has 0 N–H and O–H groups in total. The van der Waals surface area contributed by atoms with E-state index < -0.39 is 17.4 Å². The van der Waals surface area contributed by atoms with E-state index in [0.29, 0.717) is 16.1 Å². The monoisotopic (exact) mass is 361 g/mol. The highest BCUT2D eigenvalue weighted by molar-refractivity contribution is 6.31. The van der Waals surface area contributed by atoms with E-state index in [0.717, 1.165) is 0 Å². The number of benzene rings is 2. The van der Waals surface area contributed by atoms with Crippen molar-refractivity contribution in [3.63, 3.8) is 0 Å². The van der Waals surface area contributed by atoms with E-state index in [-0.39, 0.29) is 17.9 Å². The lowest BCUT2D eigenvalue weighted by Gasteiger charge is -2.20. The molecule has 0 aliphatic carbocycles. The van der Waals surface area contributed by atoms with Gasteiger partial charge < -0.3 is 9.47 Å². The van der Waals surface area contributed by atoms with E-state index >= 15 is 0 Å². The minimum absolute atomic E-state index is 0.167. The Hall–Kier alpha value is -2.58. The Labute approximate surface area is 150 Å². The van der Waals surface area contributed by atoms with Gasteiger partial charge in [0.1, 0.15) is 17.2 Å². The molecule has 0 aromatic heterocycles. The van der Waals surface area contributed by atoms with Gasteiger partial charge in [-0.2, -0.15) is 5.26 Å². The number of ether oxygens (including phenoxy) is 2. The molecule has 2 aromatic rings. The molecule has 0 fully saturated rings. The molecule has 0 heterocycles. The van der Waals surface area contributed by atoms with E-state index in [9.17, 15) is 9.18 Å². The zero-order valence-corrected chi connectivity index (χ0v) is 14.9. The first-order chi connectivity index (χ1) is 11.7. The summed E-state index contributed by atoms with van der Waals surface area (Å²) >= 11 is 6.01. The lowest BCUT2D eigenvalue weighted by Crippen LogP contribution is -2.27. The molecule has 2 aromatic carbocycles. The van der Waals surface area contributed by atoms with Crippen molar-refractivity contribution in [2.24, 2.45) is 0 Å². The Balaban J connectivity index is 2.33. The molecule has 6 heteroatoms. The molecule has 0 aliphatic heterocycles. The second-order valence-corrected chi connectivity index (χ2v) is 6.76. The van der Waals surface area contributed by atoms with Crippen molar-refractivity contribution in [2.45, 2.75) is 26.4 Å². The second kappa shape index (κ2) is 7.54. The molecule has 0 spiro atoms. The topological polar surface area (TPSA) is 59.3 Å². The molecule has 0 saturated heterocycles. The normalized spacial score (nSPS) is 10.9. The number of halogens is 2. The van der Waals surface area contributed by atoms with Crippen LogP contribution in [0.2, 0.25) is 5.02 Å². The standard InChI is InChI=1S/C19H17ClFNO3/c1-19(2,3)25-18(23)11-24-17-7-5-13(20)9-15(17)14-8-12(10-22)4-6-16(14)21/h4-9H,11H2,1-3H3. The summed E-state index contributed by atoms with van der Waals surface area (Å²) in [7, 11) is 0. The first-order valence-corrected chi connectivity index (χ1v) is 7.91. The highest BCUT2D eigenvalue weighted by Crippen LogP contribution is 2.34. The summed E-state index contributed by atoms with van der Waals surface area (Å²) in [6.45, 7) is 4.93. The van der Waals surface area contributed by atoms with Crippen LogP contribution in [0.15, 0.2) is 36.4 Å². The average molecular weight is 362 g/mol. The summed E-state index contributed by atoms with van der Waals surface area (Å²) in [5.41, 5.74) is 0.192. The van der Waals surface area contributed by atoms with Gasteiger partial charge in [0, 0.05) is 16.1 Å². The maximum Gasteiger partial charge on any atom is 0.344 e.